The number of nitrogens with zero attached hydrogens (tertiary/aromatic N) is 4. The largest absolute Gasteiger partial charge is 0.484 e. The van der Waals surface area contributed by atoms with E-state index < -0.39 is 0 Å². The van der Waals surface area contributed by atoms with Gasteiger partial charge >= 0.3 is 0 Å². The van der Waals surface area contributed by atoms with Crippen LogP contribution in [-0.2, 0) is 11.2 Å². The zero-order valence-corrected chi connectivity index (χ0v) is 19.4. The van der Waals surface area contributed by atoms with E-state index in [-0.39, 0.29) is 0 Å². The zero-order chi connectivity index (χ0) is 22.5. The molecular weight excluding hydrogens is 412 g/mol. The van der Waals surface area contributed by atoms with Crippen LogP contribution in [0.5, 0.6) is 5.88 Å². The molecule has 0 bridgehead atoms. The minimum Gasteiger partial charge on any atom is -0.484 e. The van der Waals surface area contributed by atoms with Crippen molar-refractivity contribution < 1.29 is 9.47 Å². The standard InChI is InChI=1S/C27H32N4O2/c1-32-25-13-11-22-12-14-26(29-27(22)28-25)33-20-5-4-15-30-16-18-31(19-17-30)24-10-6-8-21-7-2-3-9-23(21)24/h2-3,6-10,12,14H,4-5,11,13,15-20H2,1H3. The molecule has 0 amide bonds. The quantitative estimate of drug-likeness (QED) is 0.488. The summed E-state index contributed by atoms with van der Waals surface area (Å²) in [7, 11) is 1.66. The molecule has 0 N–H and O–H groups in total. The van der Waals surface area contributed by atoms with Crippen LogP contribution in [0.25, 0.3) is 10.8 Å². The second-order valence-corrected chi connectivity index (χ2v) is 8.72. The van der Waals surface area contributed by atoms with Gasteiger partial charge in [0.2, 0.25) is 5.88 Å². The Morgan fingerprint density at radius 2 is 1.73 bits per heavy atom. The molecule has 2 aromatic carbocycles. The van der Waals surface area contributed by atoms with Crippen molar-refractivity contribution in [3.63, 3.8) is 0 Å². The first kappa shape index (κ1) is 21.7. The van der Waals surface area contributed by atoms with Crippen LogP contribution in [0.3, 0.4) is 0 Å². The van der Waals surface area contributed by atoms with Gasteiger partial charge in [0.05, 0.1) is 13.7 Å². The van der Waals surface area contributed by atoms with Crippen LogP contribution >= 0.6 is 0 Å². The van der Waals surface area contributed by atoms with E-state index in [9.17, 15) is 0 Å². The highest BCUT2D eigenvalue weighted by Gasteiger charge is 2.18. The maximum absolute atomic E-state index is 5.90. The highest BCUT2D eigenvalue weighted by atomic mass is 16.5. The fraction of sp³-hybridized carbons (Fsp3) is 0.407. The first-order valence-corrected chi connectivity index (χ1v) is 12.0. The molecule has 2 aliphatic heterocycles. The lowest BCUT2D eigenvalue weighted by molar-refractivity contribution is 0.236. The molecule has 6 heteroatoms. The van der Waals surface area contributed by atoms with Crippen LogP contribution in [0.2, 0.25) is 0 Å². The molecule has 1 aromatic heterocycles. The first-order valence-electron chi connectivity index (χ1n) is 12.0. The van der Waals surface area contributed by atoms with Gasteiger partial charge in [-0.15, -0.1) is 0 Å². The third-order valence-electron chi connectivity index (χ3n) is 6.60. The van der Waals surface area contributed by atoms with Crippen LogP contribution in [0, 0.1) is 0 Å². The van der Waals surface area contributed by atoms with Gasteiger partial charge in [0.15, 0.2) is 11.7 Å². The molecule has 0 unspecified atom stereocenters. The number of methoxy groups -OCH3 is 1. The van der Waals surface area contributed by atoms with Gasteiger partial charge in [-0.1, -0.05) is 36.4 Å². The number of benzene rings is 2. The van der Waals surface area contributed by atoms with Crippen molar-refractivity contribution in [2.45, 2.75) is 25.7 Å². The number of hydrogen-bond donors (Lipinski definition) is 0. The van der Waals surface area contributed by atoms with E-state index in [0.29, 0.717) is 12.5 Å². The Labute approximate surface area is 195 Å². The lowest BCUT2D eigenvalue weighted by atomic mass is 10.1. The van der Waals surface area contributed by atoms with Crippen molar-refractivity contribution in [3.8, 4) is 5.88 Å². The summed E-state index contributed by atoms with van der Waals surface area (Å²) in [5.74, 6) is 2.13. The summed E-state index contributed by atoms with van der Waals surface area (Å²) < 4.78 is 11.2. The third kappa shape index (κ3) is 5.11. The predicted molar refractivity (Wildman–Crippen MR) is 134 cm³/mol. The summed E-state index contributed by atoms with van der Waals surface area (Å²) >= 11 is 0. The van der Waals surface area contributed by atoms with Crippen molar-refractivity contribution in [2.24, 2.45) is 4.99 Å². The summed E-state index contributed by atoms with van der Waals surface area (Å²) in [5.41, 5.74) is 2.52. The van der Waals surface area contributed by atoms with E-state index in [0.717, 1.165) is 75.7 Å². The van der Waals surface area contributed by atoms with Gasteiger partial charge in [-0.05, 0) is 48.9 Å². The number of aromatic nitrogens is 1. The molecule has 0 atom stereocenters. The summed E-state index contributed by atoms with van der Waals surface area (Å²) in [4.78, 5) is 14.1. The molecule has 1 fully saturated rings. The minimum atomic E-state index is 0.651. The van der Waals surface area contributed by atoms with Crippen molar-refractivity contribution in [1.29, 1.82) is 0 Å². The van der Waals surface area contributed by atoms with E-state index in [1.807, 2.05) is 6.07 Å². The van der Waals surface area contributed by atoms with Crippen molar-refractivity contribution >= 4 is 28.2 Å². The second kappa shape index (κ2) is 10.2. The number of aliphatic imine (C=N–C) groups is 1. The Balaban J connectivity index is 1.05. The number of anilines is 1. The number of hydrogen-bond acceptors (Lipinski definition) is 6. The molecule has 3 aromatic rings. The van der Waals surface area contributed by atoms with Gasteiger partial charge in [0.1, 0.15) is 0 Å². The Kier molecular flexibility index (Phi) is 6.72. The molecule has 2 aliphatic rings. The molecule has 33 heavy (non-hydrogen) atoms. The summed E-state index contributed by atoms with van der Waals surface area (Å²) in [6, 6.07) is 19.3. The van der Waals surface area contributed by atoms with Gasteiger partial charge < -0.3 is 14.4 Å². The van der Waals surface area contributed by atoms with E-state index in [2.05, 4.69) is 68.3 Å². The van der Waals surface area contributed by atoms with Crippen LogP contribution in [-0.4, -0.2) is 62.2 Å². The molecule has 172 valence electrons. The van der Waals surface area contributed by atoms with E-state index in [1.165, 1.54) is 16.5 Å². The third-order valence-corrected chi connectivity index (χ3v) is 6.60. The number of fused-ring (bicyclic) bond motifs is 2. The second-order valence-electron chi connectivity index (χ2n) is 8.72. The Morgan fingerprint density at radius 1 is 0.879 bits per heavy atom. The van der Waals surface area contributed by atoms with Crippen LogP contribution in [0.1, 0.15) is 24.8 Å². The predicted octanol–water partition coefficient (Wildman–Crippen LogP) is 4.84. The molecule has 6 nitrogen and oxygen atoms in total. The highest BCUT2D eigenvalue weighted by molar-refractivity contribution is 5.94. The fourth-order valence-corrected chi connectivity index (χ4v) is 4.71. The van der Waals surface area contributed by atoms with E-state index in [1.54, 1.807) is 7.11 Å². The van der Waals surface area contributed by atoms with Gasteiger partial charge in [-0.2, -0.15) is 9.98 Å². The molecular formula is C27H32N4O2. The topological polar surface area (TPSA) is 50.2 Å². The van der Waals surface area contributed by atoms with Gasteiger partial charge in [0, 0.05) is 49.7 Å². The highest BCUT2D eigenvalue weighted by Crippen LogP contribution is 2.28. The SMILES string of the molecule is COC1=Nc2nc(OCCCCN3CCN(c4cccc5ccccc45)CC3)ccc2CC1. The lowest BCUT2D eigenvalue weighted by Crippen LogP contribution is -2.46. The fourth-order valence-electron chi connectivity index (χ4n) is 4.71. The van der Waals surface area contributed by atoms with Crippen LogP contribution in [0.4, 0.5) is 11.5 Å². The van der Waals surface area contributed by atoms with Gasteiger partial charge in [-0.25, -0.2) is 0 Å². The molecule has 3 heterocycles. The van der Waals surface area contributed by atoms with Crippen molar-refractivity contribution in [3.05, 3.63) is 60.2 Å². The average Bonchev–Trinajstić information content (AvgIpc) is 2.88. The maximum Gasteiger partial charge on any atom is 0.215 e. The summed E-state index contributed by atoms with van der Waals surface area (Å²) in [6.07, 6.45) is 3.91. The van der Waals surface area contributed by atoms with Crippen molar-refractivity contribution in [1.82, 2.24) is 9.88 Å². The van der Waals surface area contributed by atoms with Crippen LogP contribution in [0.15, 0.2) is 59.6 Å². The minimum absolute atomic E-state index is 0.651. The molecule has 5 rings (SSSR count). The van der Waals surface area contributed by atoms with Gasteiger partial charge in [-0.3, -0.25) is 4.90 Å². The Hall–Kier alpha value is -3.12. The molecule has 0 radical (unpaired) electrons. The first-order chi connectivity index (χ1) is 16.3. The molecule has 0 aliphatic carbocycles. The molecule has 0 spiro atoms. The lowest BCUT2D eigenvalue weighted by Gasteiger charge is -2.36. The Bertz CT molecular complexity index is 1120. The monoisotopic (exact) mass is 444 g/mol. The average molecular weight is 445 g/mol. The number of rotatable bonds is 7. The normalized spacial score (nSPS) is 16.4. The summed E-state index contributed by atoms with van der Waals surface area (Å²) in [5, 5.41) is 2.67. The summed E-state index contributed by atoms with van der Waals surface area (Å²) in [6.45, 7) is 6.17. The number of unbranched alkanes of at least 4 members (excludes halogenated alkanes) is 1. The smallest absolute Gasteiger partial charge is 0.215 e. The number of pyridine rings is 1. The molecule has 1 saturated heterocycles. The van der Waals surface area contributed by atoms with Gasteiger partial charge in [0.25, 0.3) is 0 Å². The van der Waals surface area contributed by atoms with Crippen LogP contribution < -0.4 is 9.64 Å². The van der Waals surface area contributed by atoms with E-state index >= 15 is 0 Å². The van der Waals surface area contributed by atoms with E-state index in [4.69, 9.17) is 9.47 Å². The molecule has 0 saturated carbocycles. The number of aryl methyl sites for hydroxylation is 1. The number of ether oxygens (including phenoxy) is 2. The number of piperazine rings is 1. The zero-order valence-electron chi connectivity index (χ0n) is 19.4. The maximum atomic E-state index is 5.90. The van der Waals surface area contributed by atoms with Crippen molar-refractivity contribution in [2.75, 3.05) is 51.3 Å². The Morgan fingerprint density at radius 3 is 2.61 bits per heavy atom.